The van der Waals surface area contributed by atoms with Crippen LogP contribution in [0.4, 0.5) is 0 Å². The Balaban J connectivity index is 3.71. The Morgan fingerprint density at radius 3 is 2.42 bits per heavy atom. The van der Waals surface area contributed by atoms with Gasteiger partial charge in [0.2, 0.25) is 0 Å². The summed E-state index contributed by atoms with van der Waals surface area (Å²) in [6.07, 6.45) is 0.666. The Morgan fingerprint density at radius 2 is 2.00 bits per heavy atom. The number of carbonyl (C=O) groups is 1. The van der Waals surface area contributed by atoms with E-state index in [2.05, 4.69) is 5.48 Å². The second kappa shape index (κ2) is 7.06. The van der Waals surface area contributed by atoms with E-state index in [0.717, 1.165) is 0 Å². The third-order valence-corrected chi connectivity index (χ3v) is 1.35. The largest absolute Gasteiger partial charge is 0.465 e. The van der Waals surface area contributed by atoms with Crippen LogP contribution in [0.1, 0.15) is 27.2 Å². The van der Waals surface area contributed by atoms with Gasteiger partial charge in [0.05, 0.1) is 13.2 Å². The zero-order valence-corrected chi connectivity index (χ0v) is 7.92. The number of ether oxygens (including phenoxy) is 1. The van der Waals surface area contributed by atoms with Crippen LogP contribution in [0.3, 0.4) is 0 Å². The number of esters is 1. The monoisotopic (exact) mass is 175 g/mol. The molecule has 1 unspecified atom stereocenters. The Labute approximate surface area is 73.2 Å². The number of hydrogen-bond donors (Lipinski definition) is 1. The molecule has 0 radical (unpaired) electrons. The lowest BCUT2D eigenvalue weighted by Crippen LogP contribution is -2.37. The first-order valence-corrected chi connectivity index (χ1v) is 4.30. The van der Waals surface area contributed by atoms with Crippen molar-refractivity contribution in [1.29, 1.82) is 0 Å². The highest BCUT2D eigenvalue weighted by Crippen LogP contribution is 1.94. The van der Waals surface area contributed by atoms with E-state index in [-0.39, 0.29) is 12.0 Å². The SMILES string of the molecule is CCONC(CC)C(=O)OCC. The maximum Gasteiger partial charge on any atom is 0.325 e. The second-order valence-corrected chi connectivity index (χ2v) is 2.26. The van der Waals surface area contributed by atoms with E-state index in [9.17, 15) is 4.79 Å². The molecule has 0 aromatic heterocycles. The fraction of sp³-hybridized carbons (Fsp3) is 0.875. The second-order valence-electron chi connectivity index (χ2n) is 2.26. The molecule has 4 nitrogen and oxygen atoms in total. The van der Waals surface area contributed by atoms with Crippen LogP contribution in [-0.4, -0.2) is 25.2 Å². The van der Waals surface area contributed by atoms with Crippen LogP contribution in [0.25, 0.3) is 0 Å². The Bertz CT molecular complexity index is 127. The normalized spacial score (nSPS) is 12.6. The van der Waals surface area contributed by atoms with Gasteiger partial charge >= 0.3 is 5.97 Å². The average Bonchev–Trinajstić information content (AvgIpc) is 2.06. The van der Waals surface area contributed by atoms with Crippen LogP contribution < -0.4 is 5.48 Å². The first-order chi connectivity index (χ1) is 5.76. The van der Waals surface area contributed by atoms with Crippen molar-refractivity contribution in [2.45, 2.75) is 33.2 Å². The number of rotatable bonds is 6. The Morgan fingerprint density at radius 1 is 1.33 bits per heavy atom. The molecular weight excluding hydrogens is 158 g/mol. The van der Waals surface area contributed by atoms with E-state index in [1.54, 1.807) is 6.92 Å². The van der Waals surface area contributed by atoms with Gasteiger partial charge in [0, 0.05) is 0 Å². The molecule has 0 aromatic carbocycles. The molecule has 0 saturated heterocycles. The highest BCUT2D eigenvalue weighted by atomic mass is 16.6. The van der Waals surface area contributed by atoms with Crippen molar-refractivity contribution >= 4 is 5.97 Å². The van der Waals surface area contributed by atoms with Gasteiger partial charge in [0.15, 0.2) is 0 Å². The molecular formula is C8H17NO3. The summed E-state index contributed by atoms with van der Waals surface area (Å²) < 4.78 is 4.81. The summed E-state index contributed by atoms with van der Waals surface area (Å²) >= 11 is 0. The van der Waals surface area contributed by atoms with E-state index >= 15 is 0 Å². The van der Waals surface area contributed by atoms with Crippen LogP contribution in [0.5, 0.6) is 0 Å². The molecule has 4 heteroatoms. The molecule has 0 fully saturated rings. The summed E-state index contributed by atoms with van der Waals surface area (Å²) in [5.41, 5.74) is 2.63. The van der Waals surface area contributed by atoms with Gasteiger partial charge in [0.25, 0.3) is 0 Å². The highest BCUT2D eigenvalue weighted by molar-refractivity contribution is 5.75. The summed E-state index contributed by atoms with van der Waals surface area (Å²) in [4.78, 5) is 16.0. The number of hydrogen-bond acceptors (Lipinski definition) is 4. The lowest BCUT2D eigenvalue weighted by atomic mass is 10.2. The molecule has 0 amide bonds. The van der Waals surface area contributed by atoms with Gasteiger partial charge < -0.3 is 9.57 Å². The van der Waals surface area contributed by atoms with Crippen LogP contribution in [0, 0.1) is 0 Å². The van der Waals surface area contributed by atoms with Gasteiger partial charge in [-0.2, -0.15) is 5.48 Å². The van der Waals surface area contributed by atoms with Crippen LogP contribution in [0.2, 0.25) is 0 Å². The first-order valence-electron chi connectivity index (χ1n) is 4.30. The quantitative estimate of drug-likeness (QED) is 0.480. The predicted molar refractivity (Wildman–Crippen MR) is 45.5 cm³/mol. The summed E-state index contributed by atoms with van der Waals surface area (Å²) in [7, 11) is 0. The molecule has 1 N–H and O–H groups in total. The minimum absolute atomic E-state index is 0.256. The van der Waals surface area contributed by atoms with Gasteiger partial charge in [0.1, 0.15) is 6.04 Å². The minimum atomic E-state index is -0.343. The van der Waals surface area contributed by atoms with Gasteiger partial charge in [-0.15, -0.1) is 0 Å². The van der Waals surface area contributed by atoms with Gasteiger partial charge in [-0.05, 0) is 20.3 Å². The Kier molecular flexibility index (Phi) is 6.70. The molecule has 0 aliphatic carbocycles. The van der Waals surface area contributed by atoms with Gasteiger partial charge in [-0.3, -0.25) is 4.79 Å². The number of carbonyl (C=O) groups excluding carboxylic acids is 1. The highest BCUT2D eigenvalue weighted by Gasteiger charge is 2.16. The predicted octanol–water partition coefficient (Wildman–Crippen LogP) is 0.869. The van der Waals surface area contributed by atoms with Gasteiger partial charge in [-0.1, -0.05) is 6.92 Å². The molecule has 0 heterocycles. The lowest BCUT2D eigenvalue weighted by Gasteiger charge is -2.13. The van der Waals surface area contributed by atoms with E-state index in [1.165, 1.54) is 0 Å². The summed E-state index contributed by atoms with van der Waals surface area (Å²) in [6, 6.07) is -0.343. The van der Waals surface area contributed by atoms with Crippen molar-refractivity contribution < 1.29 is 14.4 Å². The van der Waals surface area contributed by atoms with E-state index < -0.39 is 0 Å². The standard InChI is InChI=1S/C8H17NO3/c1-4-7(9-12-6-3)8(10)11-5-2/h7,9H,4-6H2,1-3H3. The molecule has 0 aliphatic heterocycles. The summed E-state index contributed by atoms with van der Waals surface area (Å²) in [6.45, 7) is 6.48. The number of nitrogens with one attached hydrogen (secondary N) is 1. The van der Waals surface area contributed by atoms with Crippen LogP contribution in [-0.2, 0) is 14.4 Å². The molecule has 0 saturated carbocycles. The van der Waals surface area contributed by atoms with Crippen molar-refractivity contribution in [2.75, 3.05) is 13.2 Å². The molecule has 0 spiro atoms. The van der Waals surface area contributed by atoms with E-state index in [4.69, 9.17) is 9.57 Å². The maximum atomic E-state index is 11.1. The third kappa shape index (κ3) is 4.31. The van der Waals surface area contributed by atoms with Crippen LogP contribution >= 0.6 is 0 Å². The first kappa shape index (κ1) is 11.4. The topological polar surface area (TPSA) is 47.6 Å². The molecule has 12 heavy (non-hydrogen) atoms. The average molecular weight is 175 g/mol. The van der Waals surface area contributed by atoms with Crippen molar-refractivity contribution in [2.24, 2.45) is 0 Å². The van der Waals surface area contributed by atoms with E-state index in [1.807, 2.05) is 13.8 Å². The summed E-state index contributed by atoms with van der Waals surface area (Å²) in [5, 5.41) is 0. The number of hydroxylamine groups is 1. The van der Waals surface area contributed by atoms with Crippen LogP contribution in [0.15, 0.2) is 0 Å². The molecule has 1 atom stereocenters. The van der Waals surface area contributed by atoms with Gasteiger partial charge in [-0.25, -0.2) is 0 Å². The fourth-order valence-electron chi connectivity index (χ4n) is 0.725. The molecule has 0 bridgehead atoms. The van der Waals surface area contributed by atoms with Crippen molar-refractivity contribution in [3.8, 4) is 0 Å². The summed E-state index contributed by atoms with van der Waals surface area (Å²) in [5.74, 6) is -0.256. The van der Waals surface area contributed by atoms with Crippen molar-refractivity contribution in [3.63, 3.8) is 0 Å². The maximum absolute atomic E-state index is 11.1. The van der Waals surface area contributed by atoms with E-state index in [0.29, 0.717) is 19.6 Å². The molecule has 0 aliphatic rings. The minimum Gasteiger partial charge on any atom is -0.465 e. The zero-order valence-electron chi connectivity index (χ0n) is 7.92. The molecule has 0 rings (SSSR count). The zero-order chi connectivity index (χ0) is 9.40. The van der Waals surface area contributed by atoms with Crippen molar-refractivity contribution in [1.82, 2.24) is 5.48 Å². The molecule has 0 aromatic rings. The lowest BCUT2D eigenvalue weighted by molar-refractivity contribution is -0.150. The fourth-order valence-corrected chi connectivity index (χ4v) is 0.725. The van der Waals surface area contributed by atoms with Crippen molar-refractivity contribution in [3.05, 3.63) is 0 Å². The third-order valence-electron chi connectivity index (χ3n) is 1.35. The smallest absolute Gasteiger partial charge is 0.325 e. The molecule has 72 valence electrons. The Hall–Kier alpha value is -0.610.